The molecule has 0 amide bonds. The van der Waals surface area contributed by atoms with Gasteiger partial charge in [-0.25, -0.2) is 0 Å². The largest absolute Gasteiger partial charge is 0.506 e. The van der Waals surface area contributed by atoms with Gasteiger partial charge >= 0.3 is 0 Å². The first-order chi connectivity index (χ1) is 7.75. The molecule has 0 heterocycles. The van der Waals surface area contributed by atoms with Gasteiger partial charge < -0.3 is 10.8 Å². The highest BCUT2D eigenvalue weighted by Crippen LogP contribution is 2.26. The standard InChI is InChI=1S/C12H11N3O/c13-11-8-10(6-7-12(11)16)15-14-9-4-2-1-3-5-9/h1-8,16H,13H2/b15-14+. The number of aromatic hydroxyl groups is 1. The number of hydrogen-bond acceptors (Lipinski definition) is 4. The molecule has 2 aromatic carbocycles. The third-order valence-electron chi connectivity index (χ3n) is 2.05. The van der Waals surface area contributed by atoms with Gasteiger partial charge in [0.1, 0.15) is 5.75 Å². The summed E-state index contributed by atoms with van der Waals surface area (Å²) in [5.74, 6) is 0.0543. The highest BCUT2D eigenvalue weighted by Gasteiger charge is 1.97. The van der Waals surface area contributed by atoms with Crippen LogP contribution in [-0.2, 0) is 0 Å². The Morgan fingerprint density at radius 1 is 0.875 bits per heavy atom. The molecule has 0 bridgehead atoms. The smallest absolute Gasteiger partial charge is 0.138 e. The zero-order valence-electron chi connectivity index (χ0n) is 8.54. The van der Waals surface area contributed by atoms with Crippen LogP contribution in [0.1, 0.15) is 0 Å². The molecule has 0 radical (unpaired) electrons. The third-order valence-corrected chi connectivity index (χ3v) is 2.05. The van der Waals surface area contributed by atoms with Crippen LogP contribution >= 0.6 is 0 Å². The van der Waals surface area contributed by atoms with E-state index in [2.05, 4.69) is 10.2 Å². The van der Waals surface area contributed by atoms with Crippen molar-refractivity contribution in [3.8, 4) is 5.75 Å². The van der Waals surface area contributed by atoms with E-state index >= 15 is 0 Å². The average molecular weight is 213 g/mol. The van der Waals surface area contributed by atoms with Gasteiger partial charge in [-0.2, -0.15) is 10.2 Å². The van der Waals surface area contributed by atoms with Gasteiger partial charge in [-0.1, -0.05) is 18.2 Å². The average Bonchev–Trinajstić information content (AvgIpc) is 2.32. The second-order valence-electron chi connectivity index (χ2n) is 3.28. The molecule has 4 nitrogen and oxygen atoms in total. The van der Waals surface area contributed by atoms with Crippen LogP contribution in [0.5, 0.6) is 5.75 Å². The first-order valence-electron chi connectivity index (χ1n) is 4.81. The van der Waals surface area contributed by atoms with E-state index in [9.17, 15) is 5.11 Å². The van der Waals surface area contributed by atoms with Crippen molar-refractivity contribution < 1.29 is 5.11 Å². The van der Waals surface area contributed by atoms with E-state index in [-0.39, 0.29) is 5.75 Å². The van der Waals surface area contributed by atoms with Crippen molar-refractivity contribution in [2.75, 3.05) is 5.73 Å². The molecule has 0 saturated heterocycles. The summed E-state index contributed by atoms with van der Waals surface area (Å²) in [5.41, 5.74) is 7.22. The molecule has 80 valence electrons. The van der Waals surface area contributed by atoms with Crippen LogP contribution < -0.4 is 5.73 Å². The second kappa shape index (κ2) is 4.44. The molecule has 0 aliphatic carbocycles. The summed E-state index contributed by atoms with van der Waals surface area (Å²) in [5, 5.41) is 17.3. The summed E-state index contributed by atoms with van der Waals surface area (Å²) in [6.07, 6.45) is 0. The molecular weight excluding hydrogens is 202 g/mol. The lowest BCUT2D eigenvalue weighted by Crippen LogP contribution is -1.83. The van der Waals surface area contributed by atoms with Gasteiger partial charge in [0, 0.05) is 0 Å². The van der Waals surface area contributed by atoms with E-state index in [4.69, 9.17) is 5.73 Å². The number of nitrogen functional groups attached to an aromatic ring is 1. The molecule has 0 unspecified atom stereocenters. The van der Waals surface area contributed by atoms with E-state index in [0.29, 0.717) is 11.4 Å². The Labute approximate surface area is 93.1 Å². The first kappa shape index (κ1) is 10.2. The molecule has 0 aliphatic rings. The highest BCUT2D eigenvalue weighted by molar-refractivity contribution is 5.59. The van der Waals surface area contributed by atoms with Gasteiger partial charge in [-0.3, -0.25) is 0 Å². The van der Waals surface area contributed by atoms with Crippen molar-refractivity contribution in [2.24, 2.45) is 10.2 Å². The summed E-state index contributed by atoms with van der Waals surface area (Å²) in [6.45, 7) is 0. The molecule has 0 saturated carbocycles. The minimum atomic E-state index is 0.0543. The van der Waals surface area contributed by atoms with Crippen LogP contribution in [-0.4, -0.2) is 5.11 Å². The van der Waals surface area contributed by atoms with Crippen LogP contribution in [0, 0.1) is 0 Å². The van der Waals surface area contributed by atoms with Gasteiger partial charge in [0.05, 0.1) is 17.1 Å². The highest BCUT2D eigenvalue weighted by atomic mass is 16.3. The number of benzene rings is 2. The first-order valence-corrected chi connectivity index (χ1v) is 4.81. The predicted octanol–water partition coefficient (Wildman–Crippen LogP) is 3.39. The van der Waals surface area contributed by atoms with Crippen LogP contribution in [0.3, 0.4) is 0 Å². The van der Waals surface area contributed by atoms with E-state index in [1.54, 1.807) is 12.1 Å². The Bertz CT molecular complexity index is 509. The number of nitrogens with two attached hydrogens (primary N) is 1. The van der Waals surface area contributed by atoms with Crippen molar-refractivity contribution in [1.82, 2.24) is 0 Å². The number of phenolic OH excluding ortho intramolecular Hbond substituents is 1. The minimum absolute atomic E-state index is 0.0543. The summed E-state index contributed by atoms with van der Waals surface area (Å²) in [7, 11) is 0. The fourth-order valence-electron chi connectivity index (χ4n) is 1.21. The van der Waals surface area contributed by atoms with Crippen molar-refractivity contribution in [3.05, 3.63) is 48.5 Å². The number of rotatable bonds is 2. The van der Waals surface area contributed by atoms with Gasteiger partial charge in [0.15, 0.2) is 0 Å². The Morgan fingerprint density at radius 2 is 1.56 bits per heavy atom. The summed E-state index contributed by atoms with van der Waals surface area (Å²) >= 11 is 0. The number of nitrogens with zero attached hydrogens (tertiary/aromatic N) is 2. The lowest BCUT2D eigenvalue weighted by molar-refractivity contribution is 0.478. The fourth-order valence-corrected chi connectivity index (χ4v) is 1.21. The molecule has 3 N–H and O–H groups in total. The van der Waals surface area contributed by atoms with Crippen LogP contribution in [0.15, 0.2) is 58.8 Å². The topological polar surface area (TPSA) is 71.0 Å². The van der Waals surface area contributed by atoms with Gasteiger partial charge in [-0.05, 0) is 30.3 Å². The van der Waals surface area contributed by atoms with Gasteiger partial charge in [0.25, 0.3) is 0 Å². The maximum absolute atomic E-state index is 9.23. The Kier molecular flexibility index (Phi) is 2.82. The van der Waals surface area contributed by atoms with Crippen molar-refractivity contribution in [1.29, 1.82) is 0 Å². The minimum Gasteiger partial charge on any atom is -0.506 e. The van der Waals surface area contributed by atoms with Crippen LogP contribution in [0.25, 0.3) is 0 Å². The lowest BCUT2D eigenvalue weighted by atomic mass is 10.2. The second-order valence-corrected chi connectivity index (χ2v) is 3.28. The van der Waals surface area contributed by atoms with Crippen molar-refractivity contribution in [3.63, 3.8) is 0 Å². The molecule has 2 aromatic rings. The number of azo groups is 1. The summed E-state index contributed by atoms with van der Waals surface area (Å²) in [6, 6.07) is 14.1. The molecule has 16 heavy (non-hydrogen) atoms. The molecule has 0 aromatic heterocycles. The SMILES string of the molecule is Nc1cc(/N=N/c2ccccc2)ccc1O. The Morgan fingerprint density at radius 3 is 2.25 bits per heavy atom. The zero-order chi connectivity index (χ0) is 11.4. The summed E-state index contributed by atoms with van der Waals surface area (Å²) in [4.78, 5) is 0. The molecule has 0 fully saturated rings. The molecule has 4 heteroatoms. The predicted molar refractivity (Wildman–Crippen MR) is 63.1 cm³/mol. The third kappa shape index (κ3) is 2.36. The monoisotopic (exact) mass is 213 g/mol. The Hall–Kier alpha value is -2.36. The fraction of sp³-hybridized carbons (Fsp3) is 0. The van der Waals surface area contributed by atoms with E-state index in [0.717, 1.165) is 5.69 Å². The zero-order valence-corrected chi connectivity index (χ0v) is 8.54. The van der Waals surface area contributed by atoms with Crippen LogP contribution in [0.4, 0.5) is 17.1 Å². The lowest BCUT2D eigenvalue weighted by Gasteiger charge is -1.98. The maximum atomic E-state index is 9.23. The number of phenols is 1. The van der Waals surface area contributed by atoms with Gasteiger partial charge in [-0.15, -0.1) is 0 Å². The molecule has 0 spiro atoms. The normalized spacial score (nSPS) is 10.8. The molecule has 0 atom stereocenters. The van der Waals surface area contributed by atoms with Crippen molar-refractivity contribution >= 4 is 17.1 Å². The van der Waals surface area contributed by atoms with E-state index in [1.807, 2.05) is 30.3 Å². The van der Waals surface area contributed by atoms with E-state index < -0.39 is 0 Å². The molecule has 2 rings (SSSR count). The number of hydrogen-bond donors (Lipinski definition) is 2. The van der Waals surface area contributed by atoms with E-state index in [1.165, 1.54) is 6.07 Å². The molecular formula is C12H11N3O. The van der Waals surface area contributed by atoms with Gasteiger partial charge in [0.2, 0.25) is 0 Å². The quantitative estimate of drug-likeness (QED) is 0.456. The van der Waals surface area contributed by atoms with Crippen LogP contribution in [0.2, 0.25) is 0 Å². The summed E-state index contributed by atoms with van der Waals surface area (Å²) < 4.78 is 0. The Balaban J connectivity index is 2.21. The van der Waals surface area contributed by atoms with Crippen molar-refractivity contribution in [2.45, 2.75) is 0 Å². The maximum Gasteiger partial charge on any atom is 0.138 e. The number of anilines is 1. The molecule has 0 aliphatic heterocycles.